The van der Waals surface area contributed by atoms with Gasteiger partial charge >= 0.3 is 0 Å². The van der Waals surface area contributed by atoms with Gasteiger partial charge in [-0.25, -0.2) is 0 Å². The molecule has 0 aromatic carbocycles. The molecule has 1 aliphatic heterocycles. The van der Waals surface area contributed by atoms with Gasteiger partial charge in [-0.05, 0) is 13.3 Å². The van der Waals surface area contributed by atoms with Gasteiger partial charge in [-0.15, -0.1) is 0 Å². The van der Waals surface area contributed by atoms with E-state index in [1.54, 1.807) is 21.0 Å². The Hall–Kier alpha value is -1.59. The highest BCUT2D eigenvalue weighted by molar-refractivity contribution is 5.89. The maximum atomic E-state index is 11.8. The van der Waals surface area contributed by atoms with Crippen molar-refractivity contribution < 1.29 is 14.4 Å². The lowest BCUT2D eigenvalue weighted by molar-refractivity contribution is -0.136. The van der Waals surface area contributed by atoms with E-state index in [4.69, 9.17) is 0 Å². The third-order valence-corrected chi connectivity index (χ3v) is 2.81. The minimum atomic E-state index is -0.532. The molecule has 1 saturated heterocycles. The molecule has 0 radical (unpaired) electrons. The molecular formula is C11H19N3O3. The second-order valence-corrected chi connectivity index (χ2v) is 4.50. The Labute approximate surface area is 101 Å². The molecule has 0 spiro atoms. The van der Waals surface area contributed by atoms with Crippen molar-refractivity contribution in [2.24, 2.45) is 5.92 Å². The number of amides is 3. The molecule has 2 N–H and O–H groups in total. The first-order valence-electron chi connectivity index (χ1n) is 5.70. The van der Waals surface area contributed by atoms with Gasteiger partial charge in [0, 0.05) is 27.1 Å². The minimum Gasteiger partial charge on any atom is -0.355 e. The van der Waals surface area contributed by atoms with Crippen LogP contribution in [0.5, 0.6) is 0 Å². The van der Waals surface area contributed by atoms with E-state index in [-0.39, 0.29) is 23.6 Å². The highest BCUT2D eigenvalue weighted by Gasteiger charge is 2.26. The molecule has 1 heterocycles. The molecule has 0 aliphatic carbocycles. The van der Waals surface area contributed by atoms with Gasteiger partial charge in [0.1, 0.15) is 6.04 Å². The van der Waals surface area contributed by atoms with Crippen molar-refractivity contribution in [3.05, 3.63) is 0 Å². The van der Waals surface area contributed by atoms with Crippen molar-refractivity contribution in [1.82, 2.24) is 15.5 Å². The second-order valence-electron chi connectivity index (χ2n) is 4.50. The summed E-state index contributed by atoms with van der Waals surface area (Å²) < 4.78 is 0. The number of hydrogen-bond acceptors (Lipinski definition) is 3. The van der Waals surface area contributed by atoms with Crippen LogP contribution < -0.4 is 10.6 Å². The maximum absolute atomic E-state index is 11.8. The number of nitrogens with zero attached hydrogens (tertiary/aromatic N) is 1. The summed E-state index contributed by atoms with van der Waals surface area (Å²) in [5.74, 6) is -0.567. The van der Waals surface area contributed by atoms with Crippen molar-refractivity contribution in [2.75, 3.05) is 20.6 Å². The van der Waals surface area contributed by atoms with Crippen LogP contribution in [0.1, 0.15) is 19.8 Å². The Balaban J connectivity index is 2.44. The lowest BCUT2D eigenvalue weighted by atomic mass is 9.98. The molecule has 2 unspecified atom stereocenters. The fourth-order valence-corrected chi connectivity index (χ4v) is 1.74. The summed E-state index contributed by atoms with van der Waals surface area (Å²) in [6.07, 6.45) is 0.911. The zero-order valence-corrected chi connectivity index (χ0v) is 10.4. The standard InChI is InChI=1S/C11H19N3O3/c1-7(11(17)14(2)3)13-10(16)8-4-5-9(15)12-6-8/h7-8H,4-6H2,1-3H3,(H,12,15)(H,13,16). The topological polar surface area (TPSA) is 78.5 Å². The van der Waals surface area contributed by atoms with Crippen LogP contribution in [0.15, 0.2) is 0 Å². The third-order valence-electron chi connectivity index (χ3n) is 2.81. The number of piperidine rings is 1. The van der Waals surface area contributed by atoms with Crippen LogP contribution in [0.25, 0.3) is 0 Å². The SMILES string of the molecule is CC(NC(=O)C1CCC(=O)NC1)C(=O)N(C)C. The molecule has 0 aromatic rings. The molecule has 17 heavy (non-hydrogen) atoms. The number of carbonyl (C=O) groups excluding carboxylic acids is 3. The van der Waals surface area contributed by atoms with Crippen molar-refractivity contribution >= 4 is 17.7 Å². The first kappa shape index (κ1) is 13.5. The van der Waals surface area contributed by atoms with Gasteiger partial charge in [0.2, 0.25) is 17.7 Å². The number of rotatable bonds is 3. The van der Waals surface area contributed by atoms with E-state index in [0.717, 1.165) is 0 Å². The van der Waals surface area contributed by atoms with E-state index in [2.05, 4.69) is 10.6 Å². The van der Waals surface area contributed by atoms with Gasteiger partial charge in [0.15, 0.2) is 0 Å². The summed E-state index contributed by atoms with van der Waals surface area (Å²) in [5, 5.41) is 5.31. The van der Waals surface area contributed by atoms with Crippen molar-refractivity contribution in [3.8, 4) is 0 Å². The van der Waals surface area contributed by atoms with Gasteiger partial charge in [0.25, 0.3) is 0 Å². The van der Waals surface area contributed by atoms with Crippen LogP contribution in [0.4, 0.5) is 0 Å². The molecule has 1 rings (SSSR count). The summed E-state index contributed by atoms with van der Waals surface area (Å²) in [7, 11) is 3.29. The smallest absolute Gasteiger partial charge is 0.244 e. The Morgan fingerprint density at radius 2 is 2.12 bits per heavy atom. The Morgan fingerprint density at radius 3 is 2.59 bits per heavy atom. The number of carbonyl (C=O) groups is 3. The largest absolute Gasteiger partial charge is 0.355 e. The zero-order chi connectivity index (χ0) is 13.0. The van der Waals surface area contributed by atoms with Gasteiger partial charge < -0.3 is 15.5 Å². The molecule has 0 bridgehead atoms. The molecule has 3 amide bonds. The molecule has 0 aromatic heterocycles. The zero-order valence-electron chi connectivity index (χ0n) is 10.4. The van der Waals surface area contributed by atoms with Crippen molar-refractivity contribution in [1.29, 1.82) is 0 Å². The van der Waals surface area contributed by atoms with E-state index < -0.39 is 6.04 Å². The molecular weight excluding hydrogens is 222 g/mol. The van der Waals surface area contributed by atoms with E-state index >= 15 is 0 Å². The molecule has 1 aliphatic rings. The van der Waals surface area contributed by atoms with Gasteiger partial charge in [-0.1, -0.05) is 0 Å². The molecule has 0 saturated carbocycles. The average molecular weight is 241 g/mol. The summed E-state index contributed by atoms with van der Waals surface area (Å²) in [6, 6.07) is -0.532. The van der Waals surface area contributed by atoms with E-state index in [9.17, 15) is 14.4 Å². The predicted octanol–water partition coefficient (Wildman–Crippen LogP) is -0.894. The highest BCUT2D eigenvalue weighted by atomic mass is 16.2. The fourth-order valence-electron chi connectivity index (χ4n) is 1.74. The molecule has 6 heteroatoms. The molecule has 2 atom stereocenters. The van der Waals surface area contributed by atoms with E-state index in [1.165, 1.54) is 4.90 Å². The quantitative estimate of drug-likeness (QED) is 0.672. The summed E-state index contributed by atoms with van der Waals surface area (Å²) in [5.41, 5.74) is 0. The highest BCUT2D eigenvalue weighted by Crippen LogP contribution is 2.11. The van der Waals surface area contributed by atoms with Crippen LogP contribution in [-0.4, -0.2) is 49.3 Å². The van der Waals surface area contributed by atoms with Crippen LogP contribution in [-0.2, 0) is 14.4 Å². The van der Waals surface area contributed by atoms with Crippen LogP contribution in [0.2, 0.25) is 0 Å². The molecule has 96 valence electrons. The predicted molar refractivity (Wildman–Crippen MR) is 62.0 cm³/mol. The lowest BCUT2D eigenvalue weighted by Gasteiger charge is -2.24. The van der Waals surface area contributed by atoms with Crippen LogP contribution in [0.3, 0.4) is 0 Å². The second kappa shape index (κ2) is 5.65. The van der Waals surface area contributed by atoms with Crippen molar-refractivity contribution in [3.63, 3.8) is 0 Å². The van der Waals surface area contributed by atoms with E-state index in [0.29, 0.717) is 19.4 Å². The van der Waals surface area contributed by atoms with Crippen molar-refractivity contribution in [2.45, 2.75) is 25.8 Å². The first-order valence-corrected chi connectivity index (χ1v) is 5.70. The van der Waals surface area contributed by atoms with E-state index in [1.807, 2.05) is 0 Å². The minimum absolute atomic E-state index is 0.0218. The molecule has 1 fully saturated rings. The summed E-state index contributed by atoms with van der Waals surface area (Å²) in [4.78, 5) is 35.7. The number of likely N-dealkylation sites (N-methyl/N-ethyl adjacent to an activating group) is 1. The Morgan fingerprint density at radius 1 is 1.47 bits per heavy atom. The maximum Gasteiger partial charge on any atom is 0.244 e. The van der Waals surface area contributed by atoms with Gasteiger partial charge in [-0.3, -0.25) is 14.4 Å². The third kappa shape index (κ3) is 3.72. The lowest BCUT2D eigenvalue weighted by Crippen LogP contribution is -2.49. The number of hydrogen-bond donors (Lipinski definition) is 2. The summed E-state index contributed by atoms with van der Waals surface area (Å²) in [6.45, 7) is 2.01. The first-order chi connectivity index (χ1) is 7.91. The normalized spacial score (nSPS) is 21.4. The van der Waals surface area contributed by atoms with Gasteiger partial charge in [-0.2, -0.15) is 0 Å². The molecule has 6 nitrogen and oxygen atoms in total. The summed E-state index contributed by atoms with van der Waals surface area (Å²) >= 11 is 0. The van der Waals surface area contributed by atoms with Gasteiger partial charge in [0.05, 0.1) is 5.92 Å². The Bertz CT molecular complexity index is 318. The average Bonchev–Trinajstić information content (AvgIpc) is 2.28. The Kier molecular flexibility index (Phi) is 4.48. The van der Waals surface area contributed by atoms with Crippen LogP contribution in [0, 0.1) is 5.92 Å². The van der Waals surface area contributed by atoms with Crippen LogP contribution >= 0.6 is 0 Å². The number of nitrogens with one attached hydrogen (secondary N) is 2. The fraction of sp³-hybridized carbons (Fsp3) is 0.727. The monoisotopic (exact) mass is 241 g/mol.